The van der Waals surface area contributed by atoms with Crippen molar-refractivity contribution in [3.05, 3.63) is 12.2 Å². The first kappa shape index (κ1) is 19.0. The Balaban J connectivity index is 2.83. The van der Waals surface area contributed by atoms with Crippen LogP contribution >= 0.6 is 0 Å². The molecule has 0 aromatic carbocycles. The summed E-state index contributed by atoms with van der Waals surface area (Å²) in [5, 5.41) is 11.2. The number of rotatable bonds is 5. The zero-order valence-electron chi connectivity index (χ0n) is 13.4. The van der Waals surface area contributed by atoms with Crippen molar-refractivity contribution in [2.45, 2.75) is 64.7 Å². The van der Waals surface area contributed by atoms with Crippen molar-refractivity contribution in [2.24, 2.45) is 17.8 Å². The maximum atomic E-state index is 13.0. The molecule has 0 radical (unpaired) electrons. The van der Waals surface area contributed by atoms with Crippen LogP contribution in [0.4, 0.5) is 13.2 Å². The molecule has 1 rings (SSSR count). The monoisotopic (exact) mass is 321 g/mol. The molecular weight excluding hydrogens is 295 g/mol. The largest absolute Gasteiger partial charge is 0.481 e. The van der Waals surface area contributed by atoms with Gasteiger partial charge in [-0.2, -0.15) is 13.2 Å². The molecule has 128 valence electrons. The zero-order chi connectivity index (χ0) is 16.9. The molecule has 3 nitrogen and oxygen atoms in total. The average molecular weight is 321 g/mol. The molecule has 0 spiro atoms. The summed E-state index contributed by atoms with van der Waals surface area (Å²) in [5.74, 6) is -0.337. The van der Waals surface area contributed by atoms with Gasteiger partial charge in [-0.25, -0.2) is 0 Å². The van der Waals surface area contributed by atoms with Crippen molar-refractivity contribution in [3.8, 4) is 0 Å². The Morgan fingerprint density at radius 3 is 2.45 bits per heavy atom. The maximum Gasteiger partial charge on any atom is 0.404 e. The maximum absolute atomic E-state index is 13.0. The Hall–Kier alpha value is -1.04. The van der Waals surface area contributed by atoms with Crippen molar-refractivity contribution in [2.75, 3.05) is 0 Å². The number of allylic oxidation sites excluding steroid dienone is 1. The van der Waals surface area contributed by atoms with Gasteiger partial charge in [0.2, 0.25) is 0 Å². The highest BCUT2D eigenvalue weighted by atomic mass is 19.4. The van der Waals surface area contributed by atoms with E-state index in [1.165, 1.54) is 0 Å². The standard InChI is InChI=1S/C16H26F3NO2/c1-10(2)12-5-4-11(3)8-13(7-6-12)20-14(9-15(21)22)16(17,18)19/h6-7,10-14,20H,4-5,8-9H2,1-3H3,(H,21,22)/t11-,12?,13?,14?/m1/s1. The summed E-state index contributed by atoms with van der Waals surface area (Å²) in [4.78, 5) is 10.7. The van der Waals surface area contributed by atoms with Crippen LogP contribution in [0.1, 0.15) is 46.5 Å². The predicted octanol–water partition coefficient (Wildman–Crippen LogP) is 4.00. The van der Waals surface area contributed by atoms with E-state index in [4.69, 9.17) is 5.11 Å². The fraction of sp³-hybridized carbons (Fsp3) is 0.812. The molecule has 0 heterocycles. The van der Waals surface area contributed by atoms with E-state index in [2.05, 4.69) is 19.2 Å². The van der Waals surface area contributed by atoms with Crippen LogP contribution in [-0.2, 0) is 4.79 Å². The number of carbonyl (C=O) groups is 1. The zero-order valence-corrected chi connectivity index (χ0v) is 13.4. The number of halogens is 3. The lowest BCUT2D eigenvalue weighted by molar-refractivity contribution is -0.168. The topological polar surface area (TPSA) is 49.3 Å². The van der Waals surface area contributed by atoms with Gasteiger partial charge in [0.05, 0.1) is 6.42 Å². The lowest BCUT2D eigenvalue weighted by atomic mass is 9.83. The molecule has 4 atom stereocenters. The number of nitrogens with one attached hydrogen (secondary N) is 1. The van der Waals surface area contributed by atoms with Gasteiger partial charge in [0, 0.05) is 6.04 Å². The van der Waals surface area contributed by atoms with E-state index in [1.54, 1.807) is 6.08 Å². The summed E-state index contributed by atoms with van der Waals surface area (Å²) < 4.78 is 38.9. The molecule has 0 bridgehead atoms. The van der Waals surface area contributed by atoms with Crippen LogP contribution < -0.4 is 5.32 Å². The second kappa shape index (κ2) is 7.99. The van der Waals surface area contributed by atoms with E-state index in [0.717, 1.165) is 12.8 Å². The second-order valence-corrected chi connectivity index (χ2v) is 6.68. The number of alkyl halides is 3. The Morgan fingerprint density at radius 1 is 1.32 bits per heavy atom. The van der Waals surface area contributed by atoms with Crippen LogP contribution in [0.3, 0.4) is 0 Å². The van der Waals surface area contributed by atoms with Gasteiger partial charge in [0.15, 0.2) is 0 Å². The lowest BCUT2D eigenvalue weighted by Gasteiger charge is -2.30. The van der Waals surface area contributed by atoms with Crippen LogP contribution in [0.5, 0.6) is 0 Å². The third kappa shape index (κ3) is 6.38. The van der Waals surface area contributed by atoms with Gasteiger partial charge >= 0.3 is 12.1 Å². The number of carboxylic acids is 1. The van der Waals surface area contributed by atoms with Crippen molar-refractivity contribution in [1.82, 2.24) is 5.32 Å². The van der Waals surface area contributed by atoms with Crippen LogP contribution in [0, 0.1) is 17.8 Å². The first-order valence-electron chi connectivity index (χ1n) is 7.82. The fourth-order valence-corrected chi connectivity index (χ4v) is 2.86. The number of aliphatic carboxylic acids is 1. The molecule has 3 unspecified atom stereocenters. The van der Waals surface area contributed by atoms with E-state index in [9.17, 15) is 18.0 Å². The molecule has 0 aromatic rings. The highest BCUT2D eigenvalue weighted by Crippen LogP contribution is 2.28. The van der Waals surface area contributed by atoms with Crippen LogP contribution in [0.25, 0.3) is 0 Å². The molecule has 1 aliphatic carbocycles. The van der Waals surface area contributed by atoms with Gasteiger partial charge in [-0.05, 0) is 30.6 Å². The smallest absolute Gasteiger partial charge is 0.404 e. The van der Waals surface area contributed by atoms with Crippen molar-refractivity contribution in [3.63, 3.8) is 0 Å². The van der Waals surface area contributed by atoms with Gasteiger partial charge in [0.1, 0.15) is 6.04 Å². The summed E-state index contributed by atoms with van der Waals surface area (Å²) in [6.07, 6.45) is 0.878. The van der Waals surface area contributed by atoms with Gasteiger partial charge in [-0.1, -0.05) is 39.3 Å². The van der Waals surface area contributed by atoms with E-state index in [0.29, 0.717) is 24.2 Å². The minimum absolute atomic E-state index is 0.308. The second-order valence-electron chi connectivity index (χ2n) is 6.68. The molecule has 2 N–H and O–H groups in total. The molecule has 0 amide bonds. The average Bonchev–Trinajstić information content (AvgIpc) is 2.32. The molecular formula is C16H26F3NO2. The molecule has 22 heavy (non-hydrogen) atoms. The fourth-order valence-electron chi connectivity index (χ4n) is 2.86. The molecule has 0 saturated carbocycles. The normalized spacial score (nSPS) is 28.2. The number of hydrogen-bond donors (Lipinski definition) is 2. The minimum atomic E-state index is -4.56. The minimum Gasteiger partial charge on any atom is -0.481 e. The Bertz CT molecular complexity index is 393. The Kier molecular flexibility index (Phi) is 6.91. The SMILES string of the molecule is CC(C)C1C=CC(NC(CC(=O)O)C(F)(F)F)C[C@H](C)CC1. The van der Waals surface area contributed by atoms with Gasteiger partial charge in [-0.3, -0.25) is 10.1 Å². The Labute approximate surface area is 130 Å². The highest BCUT2D eigenvalue weighted by molar-refractivity contribution is 5.67. The van der Waals surface area contributed by atoms with Crippen molar-refractivity contribution < 1.29 is 23.1 Å². The van der Waals surface area contributed by atoms with Crippen molar-refractivity contribution >= 4 is 5.97 Å². The van der Waals surface area contributed by atoms with Crippen LogP contribution in [0.2, 0.25) is 0 Å². The summed E-state index contributed by atoms with van der Waals surface area (Å²) in [6.45, 7) is 6.24. The third-order valence-corrected chi connectivity index (χ3v) is 4.29. The predicted molar refractivity (Wildman–Crippen MR) is 79.5 cm³/mol. The molecule has 0 saturated heterocycles. The third-order valence-electron chi connectivity index (χ3n) is 4.29. The van der Waals surface area contributed by atoms with Gasteiger partial charge < -0.3 is 5.11 Å². The number of hydrogen-bond acceptors (Lipinski definition) is 2. The van der Waals surface area contributed by atoms with Crippen LogP contribution in [0.15, 0.2) is 12.2 Å². The van der Waals surface area contributed by atoms with Gasteiger partial charge in [0.25, 0.3) is 0 Å². The summed E-state index contributed by atoms with van der Waals surface area (Å²) >= 11 is 0. The van der Waals surface area contributed by atoms with E-state index in [-0.39, 0.29) is 0 Å². The molecule has 0 fully saturated rings. The first-order chi connectivity index (χ1) is 10.1. The quantitative estimate of drug-likeness (QED) is 0.753. The highest BCUT2D eigenvalue weighted by Gasteiger charge is 2.41. The molecule has 6 heteroatoms. The van der Waals surface area contributed by atoms with E-state index >= 15 is 0 Å². The summed E-state index contributed by atoms with van der Waals surface area (Å²) in [5.41, 5.74) is 0. The Morgan fingerprint density at radius 2 is 1.95 bits per heavy atom. The molecule has 1 aliphatic rings. The number of carboxylic acid groups (broad SMARTS) is 1. The summed E-state index contributed by atoms with van der Waals surface area (Å²) in [6, 6.07) is -2.45. The van der Waals surface area contributed by atoms with E-state index < -0.39 is 30.7 Å². The molecule has 0 aliphatic heterocycles. The van der Waals surface area contributed by atoms with E-state index in [1.807, 2.05) is 13.0 Å². The summed E-state index contributed by atoms with van der Waals surface area (Å²) in [7, 11) is 0. The van der Waals surface area contributed by atoms with Crippen LogP contribution in [-0.4, -0.2) is 29.3 Å². The van der Waals surface area contributed by atoms with Gasteiger partial charge in [-0.15, -0.1) is 0 Å². The van der Waals surface area contributed by atoms with Crippen molar-refractivity contribution in [1.29, 1.82) is 0 Å². The lowest BCUT2D eigenvalue weighted by Crippen LogP contribution is -2.48. The molecule has 0 aromatic heterocycles. The first-order valence-corrected chi connectivity index (χ1v) is 7.82.